The Kier molecular flexibility index (Phi) is 16.3. The molecule has 0 aromatic heterocycles. The van der Waals surface area contributed by atoms with Crippen LogP contribution in [0, 0.1) is 0 Å². The Morgan fingerprint density at radius 1 is 1.15 bits per heavy atom. The molecule has 0 aliphatic heterocycles. The average molecular weight is 283 g/mol. The molecule has 0 atom stereocenters. The maximum atomic E-state index is 10.5. The van der Waals surface area contributed by atoms with Crippen LogP contribution in [0.3, 0.4) is 0 Å². The van der Waals surface area contributed by atoms with Gasteiger partial charge in [0.1, 0.15) is 6.61 Å². The number of carbonyl (C=O) groups is 3. The molecule has 0 saturated carbocycles. The summed E-state index contributed by atoms with van der Waals surface area (Å²) in [4.78, 5) is 29.6. The van der Waals surface area contributed by atoms with Gasteiger partial charge in [0, 0.05) is 17.2 Å². The number of amides is 1. The Balaban J connectivity index is -0.000000230. The summed E-state index contributed by atoms with van der Waals surface area (Å²) in [7, 11) is 0. The highest BCUT2D eigenvalue weighted by atomic mass is 16.5. The molecule has 112 valence electrons. The smallest absolute Gasteiger partial charge is 0.333 e. The number of hydrogen-bond donors (Lipinski definition) is 2. The number of ether oxygens (including phenoxy) is 1. The van der Waals surface area contributed by atoms with Crippen LogP contribution in [0.5, 0.6) is 0 Å². The van der Waals surface area contributed by atoms with Crippen LogP contribution in [0.2, 0.25) is 0 Å². The maximum absolute atomic E-state index is 10.5. The molecule has 0 aromatic carbocycles. The Hall–Kier alpha value is -2.63. The molecule has 6 nitrogen and oxygen atoms in total. The zero-order chi connectivity index (χ0) is 16.7. The number of carbonyl (C=O) groups excluding carboxylic acids is 2. The van der Waals surface area contributed by atoms with Crippen molar-refractivity contribution >= 4 is 17.8 Å². The summed E-state index contributed by atoms with van der Waals surface area (Å²) in [6.45, 7) is 16.5. The number of hydrogen-bond acceptors (Lipinski definition) is 4. The fraction of sp³-hybridized carbons (Fsp3) is 0.214. The summed E-state index contributed by atoms with van der Waals surface area (Å²) >= 11 is 0. The second kappa shape index (κ2) is 14.4. The molecule has 6 heteroatoms. The SMILES string of the molecule is C=C(C)C(N)=O.C=CC(=O)O.C=CCOC(=O)C(=C)C. The third kappa shape index (κ3) is 24.6. The van der Waals surface area contributed by atoms with E-state index in [-0.39, 0.29) is 12.6 Å². The van der Waals surface area contributed by atoms with Crippen molar-refractivity contribution in [3.8, 4) is 0 Å². The van der Waals surface area contributed by atoms with Crippen molar-refractivity contribution in [3.63, 3.8) is 0 Å². The van der Waals surface area contributed by atoms with E-state index in [1.165, 1.54) is 6.08 Å². The van der Waals surface area contributed by atoms with Crippen LogP contribution in [-0.4, -0.2) is 29.6 Å². The zero-order valence-corrected chi connectivity index (χ0v) is 11.8. The highest BCUT2D eigenvalue weighted by molar-refractivity contribution is 5.90. The van der Waals surface area contributed by atoms with Crippen molar-refractivity contribution < 1.29 is 24.2 Å². The van der Waals surface area contributed by atoms with Gasteiger partial charge in [-0.15, -0.1) is 0 Å². The number of primary amides is 1. The molecule has 3 N–H and O–H groups in total. The van der Waals surface area contributed by atoms with E-state index in [4.69, 9.17) is 10.8 Å². The Morgan fingerprint density at radius 3 is 1.65 bits per heavy atom. The lowest BCUT2D eigenvalue weighted by molar-refractivity contribution is -0.137. The van der Waals surface area contributed by atoms with E-state index in [1.807, 2.05) is 0 Å². The summed E-state index contributed by atoms with van der Waals surface area (Å²) in [5.41, 5.74) is 5.51. The van der Waals surface area contributed by atoms with Crippen molar-refractivity contribution in [1.82, 2.24) is 0 Å². The third-order valence-electron chi connectivity index (χ3n) is 1.28. The second-order valence-electron chi connectivity index (χ2n) is 3.35. The van der Waals surface area contributed by atoms with Gasteiger partial charge >= 0.3 is 11.9 Å². The number of rotatable bonds is 5. The molecule has 0 unspecified atom stereocenters. The van der Waals surface area contributed by atoms with Crippen LogP contribution >= 0.6 is 0 Å². The Bertz CT molecular complexity index is 384. The summed E-state index contributed by atoms with van der Waals surface area (Å²) in [5.74, 6) is -1.78. The van der Waals surface area contributed by atoms with E-state index in [2.05, 4.69) is 31.1 Å². The summed E-state index contributed by atoms with van der Waals surface area (Å²) in [6, 6.07) is 0. The van der Waals surface area contributed by atoms with E-state index in [0.717, 1.165) is 6.08 Å². The van der Waals surface area contributed by atoms with Gasteiger partial charge in [-0.25, -0.2) is 9.59 Å². The van der Waals surface area contributed by atoms with Gasteiger partial charge in [0.25, 0.3) is 0 Å². The lowest BCUT2D eigenvalue weighted by Gasteiger charge is -1.97. The number of esters is 1. The van der Waals surface area contributed by atoms with E-state index in [1.54, 1.807) is 13.8 Å². The van der Waals surface area contributed by atoms with Crippen molar-refractivity contribution in [2.45, 2.75) is 13.8 Å². The standard InChI is InChI=1S/C7H10O2.C4H7NO.C3H4O2/c1-4-5-9-7(8)6(2)3;1-3(2)4(5)6;1-2-3(4)5/h4H,1-2,5H2,3H3;1H2,2H3,(H2,5,6);2H,1H2,(H,4,5). The molecule has 0 aromatic rings. The molecule has 0 aliphatic rings. The molecule has 0 aliphatic carbocycles. The minimum atomic E-state index is -0.981. The lowest BCUT2D eigenvalue weighted by Crippen LogP contribution is -2.10. The summed E-state index contributed by atoms with van der Waals surface area (Å²) in [6.07, 6.45) is 2.35. The first-order valence-corrected chi connectivity index (χ1v) is 5.34. The first kappa shape index (κ1) is 22.5. The molecule has 0 bridgehead atoms. The van der Waals surface area contributed by atoms with E-state index >= 15 is 0 Å². The highest BCUT2D eigenvalue weighted by Crippen LogP contribution is 1.90. The van der Waals surface area contributed by atoms with Crippen molar-refractivity contribution in [1.29, 1.82) is 0 Å². The molecule has 0 heterocycles. The minimum Gasteiger partial charge on any atom is -0.478 e. The van der Waals surface area contributed by atoms with Gasteiger partial charge in [-0.2, -0.15) is 0 Å². The van der Waals surface area contributed by atoms with Crippen LogP contribution < -0.4 is 5.73 Å². The fourth-order valence-electron chi connectivity index (χ4n) is 0.258. The van der Waals surface area contributed by atoms with Crippen molar-refractivity contribution in [2.24, 2.45) is 5.73 Å². The van der Waals surface area contributed by atoms with Crippen LogP contribution in [0.15, 0.2) is 49.6 Å². The predicted octanol–water partition coefficient (Wildman–Crippen LogP) is 1.60. The first-order chi connectivity index (χ1) is 9.09. The number of aliphatic carboxylic acids is 1. The van der Waals surface area contributed by atoms with E-state index < -0.39 is 11.9 Å². The minimum absolute atomic E-state index is 0.256. The number of carboxylic acids is 1. The van der Waals surface area contributed by atoms with Gasteiger partial charge < -0.3 is 15.6 Å². The Labute approximate surface area is 118 Å². The normalized spacial score (nSPS) is 7.50. The van der Waals surface area contributed by atoms with Gasteiger partial charge in [-0.05, 0) is 13.8 Å². The predicted molar refractivity (Wildman–Crippen MR) is 77.8 cm³/mol. The molecule has 1 amide bonds. The summed E-state index contributed by atoms with van der Waals surface area (Å²) in [5, 5.41) is 7.60. The Morgan fingerprint density at radius 2 is 1.50 bits per heavy atom. The van der Waals surface area contributed by atoms with Gasteiger partial charge in [0.2, 0.25) is 5.91 Å². The average Bonchev–Trinajstić information content (AvgIpc) is 2.36. The molecular formula is C14H21NO5. The lowest BCUT2D eigenvalue weighted by atomic mass is 10.3. The maximum Gasteiger partial charge on any atom is 0.333 e. The molecule has 0 rings (SSSR count). The van der Waals surface area contributed by atoms with Gasteiger partial charge in [-0.3, -0.25) is 4.79 Å². The van der Waals surface area contributed by atoms with Crippen molar-refractivity contribution in [2.75, 3.05) is 6.61 Å². The van der Waals surface area contributed by atoms with Crippen LogP contribution in [-0.2, 0) is 19.1 Å². The third-order valence-corrected chi connectivity index (χ3v) is 1.28. The molecule has 20 heavy (non-hydrogen) atoms. The summed E-state index contributed by atoms with van der Waals surface area (Å²) < 4.78 is 4.60. The quantitative estimate of drug-likeness (QED) is 0.452. The zero-order valence-electron chi connectivity index (χ0n) is 11.8. The van der Waals surface area contributed by atoms with E-state index in [9.17, 15) is 14.4 Å². The molecule has 0 spiro atoms. The highest BCUT2D eigenvalue weighted by Gasteiger charge is 1.98. The van der Waals surface area contributed by atoms with Gasteiger partial charge in [-0.1, -0.05) is 32.4 Å². The van der Waals surface area contributed by atoms with Crippen LogP contribution in [0.4, 0.5) is 0 Å². The fourth-order valence-corrected chi connectivity index (χ4v) is 0.258. The number of nitrogens with two attached hydrogens (primary N) is 1. The topological polar surface area (TPSA) is 107 Å². The van der Waals surface area contributed by atoms with E-state index in [0.29, 0.717) is 11.1 Å². The first-order valence-electron chi connectivity index (χ1n) is 5.34. The molecular weight excluding hydrogens is 262 g/mol. The van der Waals surface area contributed by atoms with Crippen LogP contribution in [0.1, 0.15) is 13.8 Å². The van der Waals surface area contributed by atoms with Gasteiger partial charge in [0.05, 0.1) is 0 Å². The number of carboxylic acid groups (broad SMARTS) is 1. The monoisotopic (exact) mass is 283 g/mol. The van der Waals surface area contributed by atoms with Gasteiger partial charge in [0.15, 0.2) is 0 Å². The van der Waals surface area contributed by atoms with Crippen LogP contribution in [0.25, 0.3) is 0 Å². The molecule has 0 radical (unpaired) electrons. The molecule has 0 saturated heterocycles. The largest absolute Gasteiger partial charge is 0.478 e. The van der Waals surface area contributed by atoms with Crippen molar-refractivity contribution in [3.05, 3.63) is 49.6 Å². The molecule has 0 fully saturated rings. The second-order valence-corrected chi connectivity index (χ2v) is 3.35.